The molecule has 1 aromatic carbocycles. The Kier molecular flexibility index (Phi) is 5.72. The lowest BCUT2D eigenvalue weighted by Gasteiger charge is -2.17. The number of anilines is 2. The summed E-state index contributed by atoms with van der Waals surface area (Å²) in [5.41, 5.74) is 3.14. The van der Waals surface area contributed by atoms with Gasteiger partial charge in [-0.2, -0.15) is 0 Å². The largest absolute Gasteiger partial charge is 0.493 e. The zero-order valence-corrected chi connectivity index (χ0v) is 19.1. The highest BCUT2D eigenvalue weighted by Gasteiger charge is 2.23. The number of aryl methyl sites for hydroxylation is 1. The summed E-state index contributed by atoms with van der Waals surface area (Å²) in [5.74, 6) is 3.13. The van der Waals surface area contributed by atoms with E-state index in [2.05, 4.69) is 47.6 Å². The molecule has 0 fully saturated rings. The summed E-state index contributed by atoms with van der Waals surface area (Å²) in [6, 6.07) is 10.0. The molecule has 164 valence electrons. The van der Waals surface area contributed by atoms with E-state index < -0.39 is 0 Å². The summed E-state index contributed by atoms with van der Waals surface area (Å²) in [7, 11) is 1.95. The Bertz CT molecular complexity index is 1210. The molecule has 0 saturated carbocycles. The second kappa shape index (κ2) is 8.96. The molecule has 5 rings (SSSR count). The monoisotopic (exact) mass is 494 g/mol. The molecule has 0 amide bonds. The number of nitrogens with zero attached hydrogens (tertiary/aromatic N) is 3. The SMILES string of the molecule is Cn1ccnc1COc1cc(OCCc2cc[nH]c2)cc(C2Nc3cc(Br)cnc3N2)c1. The Labute approximate surface area is 194 Å². The van der Waals surface area contributed by atoms with Crippen LogP contribution in [0.5, 0.6) is 11.5 Å². The molecule has 0 aliphatic carbocycles. The fraction of sp³-hybridized carbons (Fsp3) is 0.217. The minimum absolute atomic E-state index is 0.143. The predicted molar refractivity (Wildman–Crippen MR) is 126 cm³/mol. The van der Waals surface area contributed by atoms with E-state index >= 15 is 0 Å². The maximum absolute atomic E-state index is 6.08. The number of halogens is 1. The maximum Gasteiger partial charge on any atom is 0.151 e. The van der Waals surface area contributed by atoms with E-state index in [1.807, 2.05) is 54.5 Å². The van der Waals surface area contributed by atoms with Gasteiger partial charge in [0.2, 0.25) is 0 Å². The van der Waals surface area contributed by atoms with Crippen LogP contribution >= 0.6 is 15.9 Å². The Morgan fingerprint density at radius 1 is 1.09 bits per heavy atom. The molecule has 0 spiro atoms. The molecule has 1 atom stereocenters. The van der Waals surface area contributed by atoms with E-state index in [1.54, 1.807) is 12.4 Å². The molecule has 0 bridgehead atoms. The number of H-pyrrole nitrogens is 1. The van der Waals surface area contributed by atoms with E-state index in [-0.39, 0.29) is 6.17 Å². The Hall–Kier alpha value is -3.46. The zero-order chi connectivity index (χ0) is 21.9. The van der Waals surface area contributed by atoms with Gasteiger partial charge in [0.1, 0.15) is 30.1 Å². The van der Waals surface area contributed by atoms with Gasteiger partial charge in [-0.15, -0.1) is 0 Å². The van der Waals surface area contributed by atoms with Crippen molar-refractivity contribution >= 4 is 27.4 Å². The Morgan fingerprint density at radius 2 is 1.97 bits per heavy atom. The van der Waals surface area contributed by atoms with Gasteiger partial charge in [-0.05, 0) is 45.8 Å². The molecule has 1 unspecified atom stereocenters. The molecular weight excluding hydrogens is 472 g/mol. The van der Waals surface area contributed by atoms with Crippen LogP contribution in [0.15, 0.2) is 65.8 Å². The van der Waals surface area contributed by atoms with Crippen molar-refractivity contribution in [1.82, 2.24) is 19.5 Å². The van der Waals surface area contributed by atoms with Crippen LogP contribution in [-0.2, 0) is 20.1 Å². The third-order valence-corrected chi connectivity index (χ3v) is 5.72. The van der Waals surface area contributed by atoms with Crippen LogP contribution in [-0.4, -0.2) is 26.1 Å². The van der Waals surface area contributed by atoms with Gasteiger partial charge < -0.3 is 29.7 Å². The number of ether oxygens (including phenoxy) is 2. The molecule has 9 heteroatoms. The van der Waals surface area contributed by atoms with Crippen molar-refractivity contribution in [2.24, 2.45) is 7.05 Å². The number of fused-ring (bicyclic) bond motifs is 1. The van der Waals surface area contributed by atoms with Gasteiger partial charge in [-0.25, -0.2) is 9.97 Å². The normalized spacial score (nSPS) is 14.5. The summed E-state index contributed by atoms with van der Waals surface area (Å²) in [6.07, 6.45) is 10.0. The number of aromatic nitrogens is 4. The van der Waals surface area contributed by atoms with Gasteiger partial charge in [-0.1, -0.05) is 0 Å². The van der Waals surface area contributed by atoms with Gasteiger partial charge in [0.25, 0.3) is 0 Å². The van der Waals surface area contributed by atoms with Crippen molar-refractivity contribution in [3.05, 3.63) is 82.7 Å². The number of hydrogen-bond donors (Lipinski definition) is 3. The van der Waals surface area contributed by atoms with Crippen LogP contribution in [0, 0.1) is 0 Å². The van der Waals surface area contributed by atoms with Crippen molar-refractivity contribution in [2.75, 3.05) is 17.2 Å². The Morgan fingerprint density at radius 3 is 2.75 bits per heavy atom. The fourth-order valence-corrected chi connectivity index (χ4v) is 3.90. The quantitative estimate of drug-likeness (QED) is 0.330. The molecule has 1 aliphatic rings. The topological polar surface area (TPSA) is 89.0 Å². The van der Waals surface area contributed by atoms with Crippen LogP contribution in [0.4, 0.5) is 11.5 Å². The molecule has 8 nitrogen and oxygen atoms in total. The average Bonchev–Trinajstić information content (AvgIpc) is 3.53. The number of hydrogen-bond acceptors (Lipinski definition) is 6. The zero-order valence-electron chi connectivity index (χ0n) is 17.5. The summed E-state index contributed by atoms with van der Waals surface area (Å²) < 4.78 is 15.0. The molecule has 0 radical (unpaired) electrons. The summed E-state index contributed by atoms with van der Waals surface area (Å²) in [4.78, 5) is 11.8. The number of pyridine rings is 1. The van der Waals surface area contributed by atoms with Crippen molar-refractivity contribution in [2.45, 2.75) is 19.2 Å². The molecule has 3 aromatic heterocycles. The highest BCUT2D eigenvalue weighted by Crippen LogP contribution is 2.37. The third-order valence-electron chi connectivity index (χ3n) is 5.28. The van der Waals surface area contributed by atoms with E-state index in [4.69, 9.17) is 9.47 Å². The van der Waals surface area contributed by atoms with Gasteiger partial charge in [0, 0.05) is 60.6 Å². The second-order valence-corrected chi connectivity index (χ2v) is 8.49. The smallest absolute Gasteiger partial charge is 0.151 e. The van der Waals surface area contributed by atoms with E-state index in [1.165, 1.54) is 5.56 Å². The average molecular weight is 495 g/mol. The van der Waals surface area contributed by atoms with E-state index in [0.717, 1.165) is 45.3 Å². The molecule has 4 heterocycles. The van der Waals surface area contributed by atoms with Crippen LogP contribution in [0.2, 0.25) is 0 Å². The predicted octanol–water partition coefficient (Wildman–Crippen LogP) is 4.64. The number of imidazole rings is 1. The number of benzene rings is 1. The van der Waals surface area contributed by atoms with Crippen molar-refractivity contribution in [1.29, 1.82) is 0 Å². The first-order valence-electron chi connectivity index (χ1n) is 10.3. The van der Waals surface area contributed by atoms with Gasteiger partial charge in [0.05, 0.1) is 12.3 Å². The van der Waals surface area contributed by atoms with Crippen LogP contribution in [0.25, 0.3) is 0 Å². The van der Waals surface area contributed by atoms with Crippen LogP contribution < -0.4 is 20.1 Å². The minimum Gasteiger partial charge on any atom is -0.493 e. The second-order valence-electron chi connectivity index (χ2n) is 7.57. The lowest BCUT2D eigenvalue weighted by Crippen LogP contribution is -2.13. The van der Waals surface area contributed by atoms with Crippen molar-refractivity contribution < 1.29 is 9.47 Å². The highest BCUT2D eigenvalue weighted by molar-refractivity contribution is 9.10. The first kappa shape index (κ1) is 20.4. The van der Waals surface area contributed by atoms with E-state index in [9.17, 15) is 0 Å². The molecule has 4 aromatic rings. The van der Waals surface area contributed by atoms with Gasteiger partial charge >= 0.3 is 0 Å². The van der Waals surface area contributed by atoms with Crippen LogP contribution in [0.1, 0.15) is 23.1 Å². The standard InChI is InChI=1S/C23H23BrN6O2/c1-30-6-5-26-21(30)14-32-19-9-16(22-28-20-10-17(24)13-27-23(20)29-22)8-18(11-19)31-7-3-15-2-4-25-12-15/h2,4-6,8-13,22,25,28H,3,7,14H2,1H3,(H,27,29). The molecular formula is C23H23BrN6O2. The van der Waals surface area contributed by atoms with Crippen molar-refractivity contribution in [3.63, 3.8) is 0 Å². The first-order valence-corrected chi connectivity index (χ1v) is 11.1. The Balaban J connectivity index is 1.35. The number of aromatic amines is 1. The highest BCUT2D eigenvalue weighted by atomic mass is 79.9. The molecule has 0 saturated heterocycles. The molecule has 3 N–H and O–H groups in total. The molecule has 1 aliphatic heterocycles. The van der Waals surface area contributed by atoms with Gasteiger partial charge in [0.15, 0.2) is 5.82 Å². The lowest BCUT2D eigenvalue weighted by molar-refractivity contribution is 0.284. The number of rotatable bonds is 8. The first-order chi connectivity index (χ1) is 15.6. The molecule has 32 heavy (non-hydrogen) atoms. The number of nitrogens with one attached hydrogen (secondary N) is 3. The van der Waals surface area contributed by atoms with Gasteiger partial charge in [-0.3, -0.25) is 0 Å². The fourth-order valence-electron chi connectivity index (χ4n) is 3.57. The minimum atomic E-state index is -0.143. The maximum atomic E-state index is 6.08. The summed E-state index contributed by atoms with van der Waals surface area (Å²) >= 11 is 3.47. The summed E-state index contributed by atoms with van der Waals surface area (Å²) in [5, 5.41) is 6.88. The lowest BCUT2D eigenvalue weighted by atomic mass is 10.1. The summed E-state index contributed by atoms with van der Waals surface area (Å²) in [6.45, 7) is 0.941. The van der Waals surface area contributed by atoms with Crippen LogP contribution in [0.3, 0.4) is 0 Å². The van der Waals surface area contributed by atoms with Crippen molar-refractivity contribution in [3.8, 4) is 11.5 Å². The third kappa shape index (κ3) is 4.57. The van der Waals surface area contributed by atoms with E-state index in [0.29, 0.717) is 13.2 Å².